The highest BCUT2D eigenvalue weighted by atomic mass is 32.2. The second-order valence-corrected chi connectivity index (χ2v) is 9.87. The fraction of sp³-hybridized carbons (Fsp3) is 0.364. The van der Waals surface area contributed by atoms with Gasteiger partial charge in [0.2, 0.25) is 15.9 Å². The SMILES string of the molecule is CN(Cc1nc2ccccc2n1C(F)F)C(=O)C1CCN(S(=O)(=O)c2ccccc2F)CC1. The van der Waals surface area contributed by atoms with E-state index < -0.39 is 33.2 Å². The number of para-hydroxylation sites is 2. The zero-order valence-corrected chi connectivity index (χ0v) is 18.7. The van der Waals surface area contributed by atoms with Gasteiger partial charge in [-0.2, -0.15) is 13.1 Å². The molecule has 1 amide bonds. The summed E-state index contributed by atoms with van der Waals surface area (Å²) in [5.74, 6) is -1.49. The molecule has 7 nitrogen and oxygen atoms in total. The average molecular weight is 481 g/mol. The number of nitrogens with zero attached hydrogens (tertiary/aromatic N) is 4. The Kier molecular flexibility index (Phi) is 6.44. The number of carbonyl (C=O) groups is 1. The molecule has 1 aromatic heterocycles. The van der Waals surface area contributed by atoms with Gasteiger partial charge < -0.3 is 4.90 Å². The van der Waals surface area contributed by atoms with Crippen molar-refractivity contribution in [1.29, 1.82) is 0 Å². The van der Waals surface area contributed by atoms with Crippen LogP contribution in [0.15, 0.2) is 53.4 Å². The summed E-state index contributed by atoms with van der Waals surface area (Å²) in [6.07, 6.45) is 0.504. The molecule has 0 N–H and O–H groups in total. The lowest BCUT2D eigenvalue weighted by atomic mass is 9.96. The number of halogens is 3. The number of hydrogen-bond acceptors (Lipinski definition) is 4. The number of imidazole rings is 1. The Bertz CT molecular complexity index is 1270. The first-order chi connectivity index (χ1) is 15.7. The van der Waals surface area contributed by atoms with Crippen LogP contribution in [0.1, 0.15) is 25.2 Å². The maximum atomic E-state index is 14.0. The number of alkyl halides is 2. The van der Waals surface area contributed by atoms with Crippen molar-refractivity contribution in [3.05, 3.63) is 60.2 Å². The molecule has 0 unspecified atom stereocenters. The monoisotopic (exact) mass is 480 g/mol. The summed E-state index contributed by atoms with van der Waals surface area (Å²) in [4.78, 5) is 18.2. The normalized spacial score (nSPS) is 15.9. The molecule has 0 spiro atoms. The van der Waals surface area contributed by atoms with Crippen molar-refractivity contribution >= 4 is 27.0 Å². The third-order valence-electron chi connectivity index (χ3n) is 5.88. The van der Waals surface area contributed by atoms with Gasteiger partial charge >= 0.3 is 6.55 Å². The summed E-state index contributed by atoms with van der Waals surface area (Å²) in [6, 6.07) is 11.7. The molecule has 0 atom stereocenters. The molecule has 11 heteroatoms. The minimum Gasteiger partial charge on any atom is -0.338 e. The fourth-order valence-corrected chi connectivity index (χ4v) is 5.70. The fourth-order valence-electron chi connectivity index (χ4n) is 4.16. The van der Waals surface area contributed by atoms with Gasteiger partial charge in [-0.1, -0.05) is 24.3 Å². The topological polar surface area (TPSA) is 75.5 Å². The smallest absolute Gasteiger partial charge is 0.320 e. The van der Waals surface area contributed by atoms with Gasteiger partial charge in [0.25, 0.3) is 0 Å². The number of hydrogen-bond donors (Lipinski definition) is 0. The number of rotatable bonds is 6. The minimum absolute atomic E-state index is 0.0659. The molecule has 2 aromatic carbocycles. The van der Waals surface area contributed by atoms with E-state index in [1.54, 1.807) is 24.3 Å². The first kappa shape index (κ1) is 23.2. The maximum Gasteiger partial charge on any atom is 0.320 e. The van der Waals surface area contributed by atoms with Crippen LogP contribution in [0.4, 0.5) is 13.2 Å². The standard InChI is InChI=1S/C22H23F3N4O3S/c1-27(14-20-26-17-7-3-4-8-18(17)29(20)22(24)25)21(30)15-10-12-28(13-11-15)33(31,32)19-9-5-2-6-16(19)23/h2-9,15,22H,10-14H2,1H3. The highest BCUT2D eigenvalue weighted by Crippen LogP contribution is 2.28. The molecular weight excluding hydrogens is 457 g/mol. The number of carbonyl (C=O) groups excluding carboxylic acids is 1. The molecule has 3 aromatic rings. The van der Waals surface area contributed by atoms with E-state index in [0.717, 1.165) is 10.6 Å². The number of fused-ring (bicyclic) bond motifs is 1. The number of sulfonamides is 1. The Morgan fingerprint density at radius 3 is 2.42 bits per heavy atom. The highest BCUT2D eigenvalue weighted by Gasteiger charge is 2.34. The zero-order chi connectivity index (χ0) is 23.8. The van der Waals surface area contributed by atoms with Gasteiger partial charge in [0.15, 0.2) is 0 Å². The van der Waals surface area contributed by atoms with Crippen molar-refractivity contribution in [1.82, 2.24) is 18.8 Å². The third kappa shape index (κ3) is 4.47. The van der Waals surface area contributed by atoms with Gasteiger partial charge in [0.05, 0.1) is 17.6 Å². The summed E-state index contributed by atoms with van der Waals surface area (Å²) in [5.41, 5.74) is 0.704. The van der Waals surface area contributed by atoms with Gasteiger partial charge in [0, 0.05) is 26.1 Å². The van der Waals surface area contributed by atoms with Crippen LogP contribution in [0.5, 0.6) is 0 Å². The minimum atomic E-state index is -4.00. The Morgan fingerprint density at radius 1 is 1.12 bits per heavy atom. The molecule has 2 heterocycles. The molecule has 1 aliphatic heterocycles. The maximum absolute atomic E-state index is 14.0. The van der Waals surface area contributed by atoms with Crippen LogP contribution < -0.4 is 0 Å². The molecule has 0 bridgehead atoms. The summed E-state index contributed by atoms with van der Waals surface area (Å²) >= 11 is 0. The van der Waals surface area contributed by atoms with Crippen LogP contribution >= 0.6 is 0 Å². The van der Waals surface area contributed by atoms with Gasteiger partial charge in [-0.25, -0.2) is 17.8 Å². The van der Waals surface area contributed by atoms with E-state index in [4.69, 9.17) is 0 Å². The molecular formula is C22H23F3N4O3S. The van der Waals surface area contributed by atoms with Crippen molar-refractivity contribution in [3.63, 3.8) is 0 Å². The molecule has 4 rings (SSSR count). The predicted molar refractivity (Wildman–Crippen MR) is 115 cm³/mol. The first-order valence-corrected chi connectivity index (χ1v) is 11.9. The molecule has 1 aliphatic rings. The van der Waals surface area contributed by atoms with Gasteiger partial charge in [-0.05, 0) is 37.1 Å². The van der Waals surface area contributed by atoms with Crippen LogP contribution in [0, 0.1) is 11.7 Å². The number of aromatic nitrogens is 2. The Hall–Kier alpha value is -2.92. The van der Waals surface area contributed by atoms with E-state index in [-0.39, 0.29) is 49.7 Å². The second kappa shape index (κ2) is 9.14. The first-order valence-electron chi connectivity index (χ1n) is 10.4. The summed E-state index contributed by atoms with van der Waals surface area (Å²) in [5, 5.41) is 0. The molecule has 0 aliphatic carbocycles. The van der Waals surface area contributed by atoms with E-state index in [9.17, 15) is 26.4 Å². The second-order valence-electron chi connectivity index (χ2n) is 7.97. The lowest BCUT2D eigenvalue weighted by Gasteiger charge is -2.32. The molecule has 0 radical (unpaired) electrons. The van der Waals surface area contributed by atoms with Crippen LogP contribution in [0.3, 0.4) is 0 Å². The van der Waals surface area contributed by atoms with Crippen molar-refractivity contribution in [3.8, 4) is 0 Å². The Balaban J connectivity index is 1.44. The number of benzene rings is 2. The third-order valence-corrected chi connectivity index (χ3v) is 7.81. The molecule has 1 fully saturated rings. The van der Waals surface area contributed by atoms with Crippen molar-refractivity contribution in [2.45, 2.75) is 30.8 Å². The molecule has 176 valence electrons. The van der Waals surface area contributed by atoms with Crippen LogP contribution in [-0.2, 0) is 21.4 Å². The number of amides is 1. The van der Waals surface area contributed by atoms with E-state index in [0.29, 0.717) is 5.52 Å². The van der Waals surface area contributed by atoms with E-state index in [1.165, 1.54) is 34.5 Å². The van der Waals surface area contributed by atoms with Crippen molar-refractivity contribution in [2.75, 3.05) is 20.1 Å². The quantitative estimate of drug-likeness (QED) is 0.540. The largest absolute Gasteiger partial charge is 0.338 e. The average Bonchev–Trinajstić information content (AvgIpc) is 3.16. The number of piperidine rings is 1. The van der Waals surface area contributed by atoms with Crippen LogP contribution in [-0.4, -0.2) is 53.2 Å². The van der Waals surface area contributed by atoms with E-state index in [1.807, 2.05) is 0 Å². The molecule has 33 heavy (non-hydrogen) atoms. The molecule has 0 saturated carbocycles. The van der Waals surface area contributed by atoms with Gasteiger partial charge in [-0.15, -0.1) is 0 Å². The molecule has 1 saturated heterocycles. The summed E-state index contributed by atoms with van der Waals surface area (Å²) in [6.45, 7) is -2.78. The van der Waals surface area contributed by atoms with Crippen molar-refractivity contribution in [2.24, 2.45) is 5.92 Å². The van der Waals surface area contributed by atoms with E-state index >= 15 is 0 Å². The Morgan fingerprint density at radius 2 is 1.76 bits per heavy atom. The predicted octanol–water partition coefficient (Wildman–Crippen LogP) is 3.63. The van der Waals surface area contributed by atoms with Crippen molar-refractivity contribution < 1.29 is 26.4 Å². The highest BCUT2D eigenvalue weighted by molar-refractivity contribution is 7.89. The van der Waals surface area contributed by atoms with Gasteiger partial charge in [-0.3, -0.25) is 9.36 Å². The van der Waals surface area contributed by atoms with Crippen LogP contribution in [0.2, 0.25) is 0 Å². The Labute approximate surface area is 189 Å². The van der Waals surface area contributed by atoms with Crippen LogP contribution in [0.25, 0.3) is 11.0 Å². The zero-order valence-electron chi connectivity index (χ0n) is 17.9. The van der Waals surface area contributed by atoms with E-state index in [2.05, 4.69) is 4.98 Å². The lowest BCUT2D eigenvalue weighted by Crippen LogP contribution is -2.43. The lowest BCUT2D eigenvalue weighted by molar-refractivity contribution is -0.136. The summed E-state index contributed by atoms with van der Waals surface area (Å²) in [7, 11) is -2.49. The van der Waals surface area contributed by atoms with Gasteiger partial charge in [0.1, 0.15) is 16.5 Å². The summed E-state index contributed by atoms with van der Waals surface area (Å²) < 4.78 is 68.8.